The fraction of sp³-hybridized carbons (Fsp3) is 0.391. The zero-order valence-corrected chi connectivity index (χ0v) is 16.7. The largest absolute Gasteiger partial charge is 0.489 e. The average Bonchev–Trinajstić information content (AvgIpc) is 3.23. The Morgan fingerprint density at radius 2 is 1.83 bits per heavy atom. The van der Waals surface area contributed by atoms with Crippen LogP contribution in [0.3, 0.4) is 0 Å². The van der Waals surface area contributed by atoms with E-state index in [4.69, 9.17) is 4.74 Å². The molecule has 1 N–H and O–H groups in total. The molecule has 0 aliphatic carbocycles. The molecule has 29 heavy (non-hydrogen) atoms. The van der Waals surface area contributed by atoms with E-state index >= 15 is 0 Å². The quantitative estimate of drug-likeness (QED) is 0.724. The number of nitrogens with zero attached hydrogens (tertiary/aromatic N) is 2. The van der Waals surface area contributed by atoms with E-state index in [1.54, 1.807) is 0 Å². The number of aromatic nitrogens is 2. The Kier molecular flexibility index (Phi) is 4.23. The van der Waals surface area contributed by atoms with Crippen LogP contribution in [0.15, 0.2) is 47.3 Å². The average molecular weight is 391 g/mol. The number of fused-ring (bicyclic) bond motifs is 2. The first kappa shape index (κ1) is 18.0. The number of nitrogens with one attached hydrogen (secondary N) is 1. The maximum absolute atomic E-state index is 13.2. The molecule has 3 heterocycles. The van der Waals surface area contributed by atoms with Gasteiger partial charge in [-0.05, 0) is 38.0 Å². The van der Waals surface area contributed by atoms with Crippen LogP contribution in [-0.4, -0.2) is 39.6 Å². The van der Waals surface area contributed by atoms with Gasteiger partial charge >= 0.3 is 5.69 Å². The van der Waals surface area contributed by atoms with Gasteiger partial charge in [0.15, 0.2) is 0 Å². The third-order valence-electron chi connectivity index (χ3n) is 6.52. The first-order valence-electron chi connectivity index (χ1n) is 10.3. The van der Waals surface area contributed by atoms with Gasteiger partial charge in [0.1, 0.15) is 11.9 Å². The third kappa shape index (κ3) is 2.85. The Morgan fingerprint density at radius 3 is 2.62 bits per heavy atom. The number of ether oxygens (including phenoxy) is 1. The Labute approximate surface area is 169 Å². The van der Waals surface area contributed by atoms with E-state index in [2.05, 4.69) is 18.0 Å². The predicted octanol–water partition coefficient (Wildman–Crippen LogP) is 3.69. The number of benzene rings is 2. The van der Waals surface area contributed by atoms with E-state index in [0.29, 0.717) is 18.7 Å². The third-order valence-corrected chi connectivity index (χ3v) is 6.52. The first-order chi connectivity index (χ1) is 14.0. The van der Waals surface area contributed by atoms with Crippen molar-refractivity contribution < 1.29 is 9.53 Å². The van der Waals surface area contributed by atoms with E-state index in [-0.39, 0.29) is 29.7 Å². The number of imidazole rings is 1. The van der Waals surface area contributed by atoms with E-state index in [1.165, 1.54) is 0 Å². The SMILES string of the molecule is C[C@@H]1Oc2c(C(=O)N3CCC(n4c(=O)[nH]c5ccccc54)CC3)cccc2[C@H]1C. The lowest BCUT2D eigenvalue weighted by atomic mass is 9.96. The van der Waals surface area contributed by atoms with Gasteiger partial charge in [-0.2, -0.15) is 0 Å². The van der Waals surface area contributed by atoms with Crippen molar-refractivity contribution in [1.82, 2.24) is 14.5 Å². The Bertz CT molecular complexity index is 1140. The number of hydrogen-bond acceptors (Lipinski definition) is 3. The van der Waals surface area contributed by atoms with Crippen LogP contribution in [0, 0.1) is 0 Å². The van der Waals surface area contributed by atoms with Gasteiger partial charge in [-0.1, -0.05) is 31.2 Å². The number of carbonyl (C=O) groups is 1. The van der Waals surface area contributed by atoms with Crippen LogP contribution in [0.4, 0.5) is 0 Å². The number of hydrogen-bond donors (Lipinski definition) is 1. The molecule has 150 valence electrons. The molecule has 1 aromatic heterocycles. The molecule has 0 radical (unpaired) electrons. The second kappa shape index (κ2) is 6.79. The summed E-state index contributed by atoms with van der Waals surface area (Å²) >= 11 is 0. The Morgan fingerprint density at radius 1 is 1.07 bits per heavy atom. The Balaban J connectivity index is 1.36. The molecular weight excluding hydrogens is 366 g/mol. The van der Waals surface area contributed by atoms with Crippen molar-refractivity contribution in [3.05, 3.63) is 64.1 Å². The summed E-state index contributed by atoms with van der Waals surface area (Å²) < 4.78 is 7.86. The van der Waals surface area contributed by atoms with Crippen LogP contribution < -0.4 is 10.4 Å². The molecule has 6 heteroatoms. The van der Waals surface area contributed by atoms with Crippen molar-refractivity contribution >= 4 is 16.9 Å². The van der Waals surface area contributed by atoms with Crippen LogP contribution >= 0.6 is 0 Å². The summed E-state index contributed by atoms with van der Waals surface area (Å²) in [5.74, 6) is 1.05. The molecule has 1 amide bonds. The fourth-order valence-corrected chi connectivity index (χ4v) is 4.69. The first-order valence-corrected chi connectivity index (χ1v) is 10.3. The van der Waals surface area contributed by atoms with E-state index in [9.17, 15) is 9.59 Å². The maximum atomic E-state index is 13.2. The summed E-state index contributed by atoms with van der Waals surface area (Å²) in [5, 5.41) is 0. The zero-order chi connectivity index (χ0) is 20.1. The summed E-state index contributed by atoms with van der Waals surface area (Å²) in [5.41, 5.74) is 3.48. The summed E-state index contributed by atoms with van der Waals surface area (Å²) in [6, 6.07) is 13.7. The molecule has 3 aromatic rings. The summed E-state index contributed by atoms with van der Waals surface area (Å²) in [6.45, 7) is 5.44. The van der Waals surface area contributed by atoms with Gasteiger partial charge < -0.3 is 14.6 Å². The zero-order valence-electron chi connectivity index (χ0n) is 16.7. The maximum Gasteiger partial charge on any atom is 0.326 e. The lowest BCUT2D eigenvalue weighted by molar-refractivity contribution is 0.0690. The van der Waals surface area contributed by atoms with Crippen molar-refractivity contribution in [3.63, 3.8) is 0 Å². The molecule has 0 unspecified atom stereocenters. The van der Waals surface area contributed by atoms with Gasteiger partial charge in [-0.15, -0.1) is 0 Å². The van der Waals surface area contributed by atoms with Crippen LogP contribution in [0.25, 0.3) is 11.0 Å². The van der Waals surface area contributed by atoms with Crippen molar-refractivity contribution in [2.24, 2.45) is 0 Å². The molecule has 0 bridgehead atoms. The van der Waals surface area contributed by atoms with Gasteiger partial charge in [0.05, 0.1) is 16.6 Å². The monoisotopic (exact) mass is 391 g/mol. The molecule has 0 spiro atoms. The number of amides is 1. The topological polar surface area (TPSA) is 67.3 Å². The minimum absolute atomic E-state index is 0.0212. The lowest BCUT2D eigenvalue weighted by Crippen LogP contribution is -2.40. The molecule has 2 atom stereocenters. The lowest BCUT2D eigenvalue weighted by Gasteiger charge is -2.33. The fourth-order valence-electron chi connectivity index (χ4n) is 4.69. The second-order valence-corrected chi connectivity index (χ2v) is 8.18. The van der Waals surface area contributed by atoms with Gasteiger partial charge in [0.2, 0.25) is 0 Å². The molecule has 2 aliphatic heterocycles. The van der Waals surface area contributed by atoms with Crippen LogP contribution in [0.2, 0.25) is 0 Å². The minimum Gasteiger partial charge on any atom is -0.489 e. The molecule has 1 saturated heterocycles. The number of H-pyrrole nitrogens is 1. The van der Waals surface area contributed by atoms with Gasteiger partial charge in [0, 0.05) is 30.6 Å². The van der Waals surface area contributed by atoms with Crippen molar-refractivity contribution in [3.8, 4) is 5.75 Å². The number of likely N-dealkylation sites (tertiary alicyclic amines) is 1. The molecule has 1 fully saturated rings. The van der Waals surface area contributed by atoms with Crippen LogP contribution in [0.1, 0.15) is 54.6 Å². The smallest absolute Gasteiger partial charge is 0.326 e. The highest BCUT2D eigenvalue weighted by atomic mass is 16.5. The second-order valence-electron chi connectivity index (χ2n) is 8.18. The van der Waals surface area contributed by atoms with E-state index < -0.39 is 0 Å². The van der Waals surface area contributed by atoms with Gasteiger partial charge in [-0.25, -0.2) is 4.79 Å². The number of piperidine rings is 1. The highest BCUT2D eigenvalue weighted by Crippen LogP contribution is 2.41. The summed E-state index contributed by atoms with van der Waals surface area (Å²) in [7, 11) is 0. The molecule has 2 aromatic carbocycles. The minimum atomic E-state index is -0.0757. The van der Waals surface area contributed by atoms with E-state index in [0.717, 1.165) is 35.2 Å². The van der Waals surface area contributed by atoms with Gasteiger partial charge in [-0.3, -0.25) is 9.36 Å². The molecular formula is C23H25N3O3. The molecule has 2 aliphatic rings. The number of rotatable bonds is 2. The molecule has 6 nitrogen and oxygen atoms in total. The van der Waals surface area contributed by atoms with Crippen molar-refractivity contribution in [1.29, 1.82) is 0 Å². The van der Waals surface area contributed by atoms with Crippen LogP contribution in [0.5, 0.6) is 5.75 Å². The van der Waals surface area contributed by atoms with E-state index in [1.807, 2.05) is 52.8 Å². The Hall–Kier alpha value is -3.02. The van der Waals surface area contributed by atoms with Crippen LogP contribution in [-0.2, 0) is 0 Å². The molecule has 0 saturated carbocycles. The number of carbonyl (C=O) groups excluding carboxylic acids is 1. The van der Waals surface area contributed by atoms with Gasteiger partial charge in [0.25, 0.3) is 5.91 Å². The highest BCUT2D eigenvalue weighted by Gasteiger charge is 2.33. The summed E-state index contributed by atoms with van der Waals surface area (Å²) in [4.78, 5) is 30.5. The van der Waals surface area contributed by atoms with Crippen molar-refractivity contribution in [2.75, 3.05) is 13.1 Å². The standard InChI is InChI=1S/C23H25N3O3/c1-14-15(2)29-21-17(14)6-5-7-18(21)22(27)25-12-10-16(11-13-25)26-20-9-4-3-8-19(20)24-23(26)28/h3-9,14-16H,10-13H2,1-2H3,(H,24,28)/t14-,15-/m0/s1. The van der Waals surface area contributed by atoms with Crippen molar-refractivity contribution in [2.45, 2.75) is 44.8 Å². The predicted molar refractivity (Wildman–Crippen MR) is 112 cm³/mol. The number of aromatic amines is 1. The highest BCUT2D eigenvalue weighted by molar-refractivity contribution is 5.97. The number of para-hydroxylation sites is 3. The summed E-state index contributed by atoms with van der Waals surface area (Å²) in [6.07, 6.45) is 1.60. The normalized spacial score (nSPS) is 21.9. The molecule has 5 rings (SSSR count).